The lowest BCUT2D eigenvalue weighted by molar-refractivity contribution is -0.150. The number of tetrazole rings is 1. The number of amides is 2. The number of β-lactam (4-membered cyclic amide) rings is 1. The van der Waals surface area contributed by atoms with Crippen molar-refractivity contribution >= 4 is 41.3 Å². The Morgan fingerprint density at radius 3 is 2.83 bits per heavy atom. The number of fused-ring (bicyclic) bond motifs is 1. The van der Waals surface area contributed by atoms with Gasteiger partial charge in [-0.1, -0.05) is 11.8 Å². The summed E-state index contributed by atoms with van der Waals surface area (Å²) < 4.78 is 1.49. The van der Waals surface area contributed by atoms with E-state index in [1.54, 1.807) is 7.05 Å². The number of hydrogen-bond donors (Lipinski definition) is 2. The maximum absolute atomic E-state index is 12.2. The van der Waals surface area contributed by atoms with Crippen LogP contribution in [0.15, 0.2) is 16.4 Å². The fourth-order valence-corrected chi connectivity index (χ4v) is 4.84. The Kier molecular flexibility index (Phi) is 4.49. The second-order valence-electron chi connectivity index (χ2n) is 5.22. The van der Waals surface area contributed by atoms with E-state index < -0.39 is 17.9 Å². The number of aromatic nitrogens is 4. The first-order valence-electron chi connectivity index (χ1n) is 6.92. The molecule has 2 atom stereocenters. The number of carbonyl (C=O) groups is 3. The molecule has 2 unspecified atom stereocenters. The number of nitrogens with one attached hydrogen (secondary N) is 1. The highest BCUT2D eigenvalue weighted by atomic mass is 32.2. The van der Waals surface area contributed by atoms with Gasteiger partial charge in [0.25, 0.3) is 5.91 Å². The summed E-state index contributed by atoms with van der Waals surface area (Å²) in [4.78, 5) is 36.3. The molecule has 3 rings (SSSR count). The molecule has 12 heteroatoms. The lowest BCUT2D eigenvalue weighted by Crippen LogP contribution is -2.70. The SMILES string of the molecule is CC(=O)NC1C(=O)N2C(C(=O)O)=C(CSc3nnnn3C)CSC12. The molecule has 10 nitrogen and oxygen atoms in total. The van der Waals surface area contributed by atoms with Gasteiger partial charge in [-0.15, -0.1) is 16.9 Å². The second kappa shape index (κ2) is 6.43. The highest BCUT2D eigenvalue weighted by Gasteiger charge is 2.53. The Hall–Kier alpha value is -2.08. The van der Waals surface area contributed by atoms with E-state index in [-0.39, 0.29) is 17.0 Å². The van der Waals surface area contributed by atoms with E-state index >= 15 is 0 Å². The molecule has 24 heavy (non-hydrogen) atoms. The Labute approximate surface area is 145 Å². The molecule has 2 aliphatic heterocycles. The van der Waals surface area contributed by atoms with Crippen molar-refractivity contribution in [1.29, 1.82) is 0 Å². The highest BCUT2D eigenvalue weighted by Crippen LogP contribution is 2.41. The van der Waals surface area contributed by atoms with Crippen LogP contribution in [0.2, 0.25) is 0 Å². The maximum atomic E-state index is 12.2. The topological polar surface area (TPSA) is 130 Å². The molecule has 128 valence electrons. The van der Waals surface area contributed by atoms with Gasteiger partial charge in [0.2, 0.25) is 11.1 Å². The van der Waals surface area contributed by atoms with E-state index in [4.69, 9.17) is 0 Å². The predicted molar refractivity (Wildman–Crippen MR) is 84.9 cm³/mol. The number of nitrogens with zero attached hydrogens (tertiary/aromatic N) is 5. The Balaban J connectivity index is 1.79. The quantitative estimate of drug-likeness (QED) is 0.498. The molecule has 0 saturated carbocycles. The van der Waals surface area contributed by atoms with Gasteiger partial charge in [-0.3, -0.25) is 14.5 Å². The largest absolute Gasteiger partial charge is 0.477 e. The van der Waals surface area contributed by atoms with Gasteiger partial charge in [0.1, 0.15) is 17.1 Å². The molecule has 0 aliphatic carbocycles. The van der Waals surface area contributed by atoms with Crippen LogP contribution in [-0.2, 0) is 21.4 Å². The molecule has 0 bridgehead atoms. The van der Waals surface area contributed by atoms with Crippen molar-refractivity contribution in [3.8, 4) is 0 Å². The number of carboxylic acids is 1. The van der Waals surface area contributed by atoms with Crippen molar-refractivity contribution in [2.24, 2.45) is 7.05 Å². The zero-order valence-electron chi connectivity index (χ0n) is 12.8. The van der Waals surface area contributed by atoms with Crippen LogP contribution in [-0.4, -0.2) is 70.9 Å². The van der Waals surface area contributed by atoms with Gasteiger partial charge in [0.05, 0.1) is 0 Å². The number of aryl methyl sites for hydroxylation is 1. The monoisotopic (exact) mass is 370 g/mol. The van der Waals surface area contributed by atoms with Crippen molar-refractivity contribution in [2.75, 3.05) is 11.5 Å². The minimum atomic E-state index is -1.15. The summed E-state index contributed by atoms with van der Waals surface area (Å²) in [6.07, 6.45) is 0. The minimum Gasteiger partial charge on any atom is -0.477 e. The van der Waals surface area contributed by atoms with Crippen molar-refractivity contribution in [3.63, 3.8) is 0 Å². The van der Waals surface area contributed by atoms with E-state index in [0.29, 0.717) is 22.2 Å². The molecule has 0 radical (unpaired) electrons. The third-order valence-electron chi connectivity index (χ3n) is 3.57. The van der Waals surface area contributed by atoms with Crippen molar-refractivity contribution in [3.05, 3.63) is 11.3 Å². The summed E-state index contributed by atoms with van der Waals surface area (Å²) >= 11 is 2.74. The zero-order chi connectivity index (χ0) is 17.4. The number of aliphatic carboxylic acids is 1. The molecule has 0 aromatic carbocycles. The fourth-order valence-electron chi connectivity index (χ4n) is 2.51. The van der Waals surface area contributed by atoms with Crippen molar-refractivity contribution in [2.45, 2.75) is 23.5 Å². The lowest BCUT2D eigenvalue weighted by atomic mass is 10.0. The standard InChI is InChI=1S/C12H14N6O4S2/c1-5(19)13-7-9(20)18-8(11(21)22)6(3-23-10(7)18)4-24-12-14-15-16-17(12)2/h7,10H,3-4H2,1-2H3,(H,13,19)(H,21,22). The van der Waals surface area contributed by atoms with Gasteiger partial charge >= 0.3 is 5.97 Å². The first-order valence-corrected chi connectivity index (χ1v) is 8.96. The number of carboxylic acid groups (broad SMARTS) is 1. The molecule has 0 spiro atoms. The molecule has 3 heterocycles. The molecule has 1 fully saturated rings. The summed E-state index contributed by atoms with van der Waals surface area (Å²) in [5.74, 6) is -1.04. The zero-order valence-corrected chi connectivity index (χ0v) is 14.4. The third-order valence-corrected chi connectivity index (χ3v) is 6.00. The van der Waals surface area contributed by atoms with Gasteiger partial charge in [-0.05, 0) is 16.0 Å². The first kappa shape index (κ1) is 16.8. The van der Waals surface area contributed by atoms with Crippen LogP contribution in [0.3, 0.4) is 0 Å². The number of thioether (sulfide) groups is 2. The summed E-state index contributed by atoms with van der Waals surface area (Å²) in [5, 5.41) is 23.4. The van der Waals surface area contributed by atoms with Gasteiger partial charge in [0.15, 0.2) is 0 Å². The van der Waals surface area contributed by atoms with Gasteiger partial charge < -0.3 is 10.4 Å². The molecule has 2 aliphatic rings. The number of hydrogen-bond acceptors (Lipinski definition) is 8. The van der Waals surface area contributed by atoms with E-state index in [2.05, 4.69) is 20.8 Å². The van der Waals surface area contributed by atoms with Crippen LogP contribution >= 0.6 is 23.5 Å². The summed E-state index contributed by atoms with van der Waals surface area (Å²) in [7, 11) is 1.69. The molecule has 2 N–H and O–H groups in total. The normalized spacial score (nSPS) is 22.9. The summed E-state index contributed by atoms with van der Waals surface area (Å²) in [6, 6.07) is -0.668. The van der Waals surface area contributed by atoms with Gasteiger partial charge in [-0.25, -0.2) is 9.48 Å². The average molecular weight is 370 g/mol. The third kappa shape index (κ3) is 2.86. The Bertz CT molecular complexity index is 748. The van der Waals surface area contributed by atoms with Crippen LogP contribution < -0.4 is 5.32 Å². The highest BCUT2D eigenvalue weighted by molar-refractivity contribution is 8.01. The second-order valence-corrected chi connectivity index (χ2v) is 7.27. The number of carbonyl (C=O) groups excluding carboxylic acids is 2. The molecular formula is C12H14N6O4S2. The van der Waals surface area contributed by atoms with Crippen LogP contribution in [0.5, 0.6) is 0 Å². The van der Waals surface area contributed by atoms with E-state index in [0.717, 1.165) is 0 Å². The summed E-state index contributed by atoms with van der Waals surface area (Å²) in [5.41, 5.74) is 0.624. The predicted octanol–water partition coefficient (Wildman–Crippen LogP) is -0.939. The van der Waals surface area contributed by atoms with E-state index in [1.807, 2.05) is 0 Å². The molecular weight excluding hydrogens is 356 g/mol. The molecule has 1 saturated heterocycles. The van der Waals surface area contributed by atoms with E-state index in [9.17, 15) is 19.5 Å². The minimum absolute atomic E-state index is 0.00650. The van der Waals surface area contributed by atoms with Gasteiger partial charge in [0, 0.05) is 25.5 Å². The lowest BCUT2D eigenvalue weighted by Gasteiger charge is -2.49. The molecule has 1 aromatic heterocycles. The Morgan fingerprint density at radius 2 is 2.25 bits per heavy atom. The van der Waals surface area contributed by atoms with Crippen LogP contribution in [0.25, 0.3) is 0 Å². The Morgan fingerprint density at radius 1 is 1.50 bits per heavy atom. The van der Waals surface area contributed by atoms with Crippen LogP contribution in [0.1, 0.15) is 6.92 Å². The van der Waals surface area contributed by atoms with E-state index in [1.165, 1.54) is 40.0 Å². The van der Waals surface area contributed by atoms with Crippen LogP contribution in [0.4, 0.5) is 0 Å². The molecule has 2 amide bonds. The number of rotatable bonds is 5. The average Bonchev–Trinajstić information content (AvgIpc) is 2.94. The molecule has 1 aromatic rings. The maximum Gasteiger partial charge on any atom is 0.352 e. The van der Waals surface area contributed by atoms with Gasteiger partial charge in [-0.2, -0.15) is 0 Å². The fraction of sp³-hybridized carbons (Fsp3) is 0.500. The summed E-state index contributed by atoms with van der Waals surface area (Å²) in [6.45, 7) is 1.33. The smallest absolute Gasteiger partial charge is 0.352 e. The van der Waals surface area contributed by atoms with Crippen LogP contribution in [0, 0.1) is 0 Å². The first-order chi connectivity index (χ1) is 11.4. The van der Waals surface area contributed by atoms with Crippen molar-refractivity contribution < 1.29 is 19.5 Å². The van der Waals surface area contributed by atoms with Crippen molar-refractivity contribution in [1.82, 2.24) is 30.4 Å².